The van der Waals surface area contributed by atoms with E-state index in [9.17, 15) is 0 Å². The largest absolute Gasteiger partial charge is 0.410 e. The van der Waals surface area contributed by atoms with Gasteiger partial charge in [-0.1, -0.05) is 5.70 Å². The third-order valence-electron chi connectivity index (χ3n) is 0.728. The van der Waals surface area contributed by atoms with E-state index in [0.717, 1.165) is 0 Å². The van der Waals surface area contributed by atoms with Gasteiger partial charge in [-0.15, -0.1) is 6.58 Å². The summed E-state index contributed by atoms with van der Waals surface area (Å²) in [5, 5.41) is 0. The molecular weight excluding hydrogens is 136 g/mol. The minimum atomic E-state index is -2.07. The first-order valence-electron chi connectivity index (χ1n) is 2.81. The summed E-state index contributed by atoms with van der Waals surface area (Å²) in [6.07, 6.45) is 0. The van der Waals surface area contributed by atoms with E-state index in [2.05, 4.69) is 6.58 Å². The summed E-state index contributed by atoms with van der Waals surface area (Å²) < 4.78 is 9.60. The second kappa shape index (κ2) is 5.96. The van der Waals surface area contributed by atoms with Gasteiger partial charge in [-0.3, -0.25) is 0 Å². The topological polar surface area (TPSA) is 38.7 Å². The minimum absolute atomic E-state index is 0.176. The Bertz CT molecular complexity index is 76.6. The van der Waals surface area contributed by atoms with E-state index in [1.54, 1.807) is 0 Å². The third kappa shape index (κ3) is 5.71. The SMILES string of the molecule is C=C[SiH](O)OCOCC. The molecule has 4 heteroatoms. The molecule has 1 N–H and O–H groups in total. The molecule has 0 aromatic rings. The Kier molecular flexibility index (Phi) is 5.86. The van der Waals surface area contributed by atoms with Gasteiger partial charge in [0.05, 0.1) is 0 Å². The van der Waals surface area contributed by atoms with E-state index in [4.69, 9.17) is 14.0 Å². The van der Waals surface area contributed by atoms with Crippen LogP contribution in [0.5, 0.6) is 0 Å². The van der Waals surface area contributed by atoms with Crippen LogP contribution < -0.4 is 0 Å². The van der Waals surface area contributed by atoms with Crippen LogP contribution in [0.3, 0.4) is 0 Å². The molecule has 3 nitrogen and oxygen atoms in total. The molecule has 0 aromatic heterocycles. The van der Waals surface area contributed by atoms with Crippen molar-refractivity contribution in [2.45, 2.75) is 6.92 Å². The molecule has 54 valence electrons. The van der Waals surface area contributed by atoms with Crippen LogP contribution in [0.25, 0.3) is 0 Å². The van der Waals surface area contributed by atoms with Gasteiger partial charge in [0.25, 0.3) is 0 Å². The summed E-state index contributed by atoms with van der Waals surface area (Å²) in [5.41, 5.74) is 1.43. The van der Waals surface area contributed by atoms with Gasteiger partial charge < -0.3 is 14.0 Å². The highest BCUT2D eigenvalue weighted by Crippen LogP contribution is 1.82. The molecule has 0 saturated carbocycles. The van der Waals surface area contributed by atoms with E-state index in [-0.39, 0.29) is 6.79 Å². The molecule has 0 radical (unpaired) electrons. The maximum absolute atomic E-state index is 8.80. The number of ether oxygens (including phenoxy) is 1. The van der Waals surface area contributed by atoms with Gasteiger partial charge in [0.2, 0.25) is 0 Å². The Hall–Kier alpha value is -0.163. The molecule has 1 unspecified atom stereocenters. The Morgan fingerprint density at radius 1 is 1.78 bits per heavy atom. The van der Waals surface area contributed by atoms with Crippen LogP contribution in [-0.2, 0) is 9.16 Å². The Morgan fingerprint density at radius 2 is 2.44 bits per heavy atom. The van der Waals surface area contributed by atoms with E-state index >= 15 is 0 Å². The standard InChI is InChI=1S/C5H12O3Si/c1-3-7-5-8-9(6)4-2/h4,6,9H,2-3,5H2,1H3. The number of hydrogen-bond acceptors (Lipinski definition) is 3. The second-order valence-electron chi connectivity index (χ2n) is 1.40. The highest BCUT2D eigenvalue weighted by molar-refractivity contribution is 6.48. The van der Waals surface area contributed by atoms with Gasteiger partial charge >= 0.3 is 9.28 Å². The highest BCUT2D eigenvalue weighted by atomic mass is 28.3. The van der Waals surface area contributed by atoms with Crippen molar-refractivity contribution >= 4 is 9.28 Å². The average Bonchev–Trinajstić information content (AvgIpc) is 1.89. The molecule has 0 aromatic carbocycles. The Balaban J connectivity index is 2.96. The molecule has 0 fully saturated rings. The molecular formula is C5H12O3Si. The van der Waals surface area contributed by atoms with Crippen LogP contribution in [0.2, 0.25) is 0 Å². The van der Waals surface area contributed by atoms with Crippen LogP contribution >= 0.6 is 0 Å². The molecule has 0 spiro atoms. The van der Waals surface area contributed by atoms with Crippen molar-refractivity contribution in [3.63, 3.8) is 0 Å². The minimum Gasteiger partial charge on any atom is -0.410 e. The first-order chi connectivity index (χ1) is 4.31. The van der Waals surface area contributed by atoms with Crippen molar-refractivity contribution in [2.75, 3.05) is 13.4 Å². The summed E-state index contributed by atoms with van der Waals surface area (Å²) in [5.74, 6) is 0. The van der Waals surface area contributed by atoms with Gasteiger partial charge in [0.1, 0.15) is 6.79 Å². The zero-order chi connectivity index (χ0) is 7.11. The van der Waals surface area contributed by atoms with E-state index < -0.39 is 9.28 Å². The molecule has 0 aliphatic heterocycles. The maximum Gasteiger partial charge on any atom is 0.346 e. The summed E-state index contributed by atoms with van der Waals surface area (Å²) in [4.78, 5) is 8.80. The fraction of sp³-hybridized carbons (Fsp3) is 0.600. The lowest BCUT2D eigenvalue weighted by atomic mass is 10.9. The van der Waals surface area contributed by atoms with Crippen molar-refractivity contribution in [2.24, 2.45) is 0 Å². The van der Waals surface area contributed by atoms with Crippen LogP contribution in [0.1, 0.15) is 6.92 Å². The van der Waals surface area contributed by atoms with Crippen LogP contribution in [0.4, 0.5) is 0 Å². The molecule has 0 rings (SSSR count). The summed E-state index contributed by atoms with van der Waals surface area (Å²) >= 11 is 0. The maximum atomic E-state index is 8.80. The summed E-state index contributed by atoms with van der Waals surface area (Å²) in [6, 6.07) is 0. The van der Waals surface area contributed by atoms with Crippen molar-refractivity contribution in [1.29, 1.82) is 0 Å². The monoisotopic (exact) mass is 148 g/mol. The van der Waals surface area contributed by atoms with Gasteiger partial charge in [-0.2, -0.15) is 0 Å². The number of hydrogen-bond donors (Lipinski definition) is 1. The first kappa shape index (κ1) is 8.84. The predicted molar refractivity (Wildman–Crippen MR) is 37.1 cm³/mol. The number of rotatable bonds is 5. The molecule has 0 amide bonds. The molecule has 0 aliphatic rings. The third-order valence-corrected chi connectivity index (χ3v) is 1.61. The van der Waals surface area contributed by atoms with E-state index in [1.807, 2.05) is 6.92 Å². The second-order valence-corrected chi connectivity index (χ2v) is 2.99. The van der Waals surface area contributed by atoms with Crippen LogP contribution in [-0.4, -0.2) is 27.5 Å². The quantitative estimate of drug-likeness (QED) is 0.337. The zero-order valence-corrected chi connectivity index (χ0v) is 6.69. The molecule has 0 saturated heterocycles. The molecule has 0 heterocycles. The predicted octanol–water partition coefficient (Wildman–Crippen LogP) is -0.0650. The lowest BCUT2D eigenvalue weighted by molar-refractivity contribution is 0.0121. The van der Waals surface area contributed by atoms with Crippen molar-refractivity contribution < 1.29 is 14.0 Å². The smallest absolute Gasteiger partial charge is 0.346 e. The fourth-order valence-corrected chi connectivity index (χ4v) is 0.641. The first-order valence-corrected chi connectivity index (χ1v) is 4.46. The van der Waals surface area contributed by atoms with E-state index in [0.29, 0.717) is 6.61 Å². The Labute approximate surface area is 56.8 Å². The van der Waals surface area contributed by atoms with Gasteiger partial charge in [0.15, 0.2) is 0 Å². The molecule has 9 heavy (non-hydrogen) atoms. The van der Waals surface area contributed by atoms with Crippen molar-refractivity contribution in [3.05, 3.63) is 12.3 Å². The fourth-order valence-electron chi connectivity index (χ4n) is 0.269. The molecule has 0 aliphatic carbocycles. The zero-order valence-electron chi connectivity index (χ0n) is 5.54. The Morgan fingerprint density at radius 3 is 2.89 bits per heavy atom. The van der Waals surface area contributed by atoms with Crippen LogP contribution in [0, 0.1) is 0 Å². The van der Waals surface area contributed by atoms with Crippen molar-refractivity contribution in [3.8, 4) is 0 Å². The lowest BCUT2D eigenvalue weighted by Gasteiger charge is -2.03. The summed E-state index contributed by atoms with van der Waals surface area (Å²) in [6.45, 7) is 6.02. The van der Waals surface area contributed by atoms with Gasteiger partial charge in [-0.25, -0.2) is 0 Å². The summed E-state index contributed by atoms with van der Waals surface area (Å²) in [7, 11) is -2.07. The molecule has 0 bridgehead atoms. The van der Waals surface area contributed by atoms with Crippen molar-refractivity contribution in [1.82, 2.24) is 0 Å². The van der Waals surface area contributed by atoms with Gasteiger partial charge in [0, 0.05) is 6.61 Å². The van der Waals surface area contributed by atoms with E-state index in [1.165, 1.54) is 5.70 Å². The average molecular weight is 148 g/mol. The van der Waals surface area contributed by atoms with Crippen LogP contribution in [0.15, 0.2) is 12.3 Å². The van der Waals surface area contributed by atoms with Gasteiger partial charge in [-0.05, 0) is 6.92 Å². The molecule has 1 atom stereocenters. The normalized spacial score (nSPS) is 13.1. The highest BCUT2D eigenvalue weighted by Gasteiger charge is 1.98. The lowest BCUT2D eigenvalue weighted by Crippen LogP contribution is -2.16.